The van der Waals surface area contributed by atoms with Crippen LogP contribution in [0.15, 0.2) is 52.2 Å². The van der Waals surface area contributed by atoms with Gasteiger partial charge in [0.05, 0.1) is 9.82 Å². The Balaban J connectivity index is 1.92. The van der Waals surface area contributed by atoms with Crippen molar-refractivity contribution in [3.8, 4) is 0 Å². The van der Waals surface area contributed by atoms with Gasteiger partial charge in [-0.1, -0.05) is 12.1 Å². The highest BCUT2D eigenvalue weighted by molar-refractivity contribution is 7.89. The Labute approximate surface area is 155 Å². The van der Waals surface area contributed by atoms with Crippen LogP contribution in [0.1, 0.15) is 16.7 Å². The molecule has 0 radical (unpaired) electrons. The van der Waals surface area contributed by atoms with E-state index in [4.69, 9.17) is 0 Å². The second-order valence-electron chi connectivity index (χ2n) is 6.25. The van der Waals surface area contributed by atoms with E-state index >= 15 is 0 Å². The molecular weight excluding hydrogens is 370 g/mol. The number of aromatic amines is 1. The molecule has 0 spiro atoms. The van der Waals surface area contributed by atoms with Gasteiger partial charge in [-0.05, 0) is 43.2 Å². The van der Waals surface area contributed by atoms with Gasteiger partial charge in [0, 0.05) is 35.1 Å². The van der Waals surface area contributed by atoms with Crippen LogP contribution in [0.25, 0.3) is 10.9 Å². The zero-order valence-corrected chi connectivity index (χ0v) is 15.5. The van der Waals surface area contributed by atoms with E-state index in [0.29, 0.717) is 5.52 Å². The number of fused-ring (bicyclic) bond motifs is 1. The molecule has 3 aromatic rings. The van der Waals surface area contributed by atoms with Gasteiger partial charge in [0.25, 0.3) is 11.2 Å². The average Bonchev–Trinajstić information content (AvgIpc) is 2.60. The second-order valence-corrected chi connectivity index (χ2v) is 8.01. The van der Waals surface area contributed by atoms with Crippen molar-refractivity contribution in [1.29, 1.82) is 0 Å². The Bertz CT molecular complexity index is 1220. The molecule has 140 valence electrons. The minimum absolute atomic E-state index is 0.233. The highest BCUT2D eigenvalue weighted by atomic mass is 32.2. The maximum atomic E-state index is 12.4. The van der Waals surface area contributed by atoms with Crippen LogP contribution >= 0.6 is 0 Å². The van der Waals surface area contributed by atoms with Crippen LogP contribution in [0.2, 0.25) is 0 Å². The topological polar surface area (TPSA) is 122 Å². The van der Waals surface area contributed by atoms with E-state index in [1.54, 1.807) is 6.07 Å². The first-order valence-corrected chi connectivity index (χ1v) is 9.53. The lowest BCUT2D eigenvalue weighted by Crippen LogP contribution is -2.27. The molecule has 0 amide bonds. The number of aromatic nitrogens is 1. The van der Waals surface area contributed by atoms with Crippen LogP contribution in [0.4, 0.5) is 5.69 Å². The number of nitrogens with one attached hydrogen (secondary N) is 2. The van der Waals surface area contributed by atoms with Gasteiger partial charge in [-0.2, -0.15) is 0 Å². The van der Waals surface area contributed by atoms with E-state index in [9.17, 15) is 23.3 Å². The summed E-state index contributed by atoms with van der Waals surface area (Å²) in [5, 5.41) is 11.7. The summed E-state index contributed by atoms with van der Waals surface area (Å²) in [6, 6.07) is 10.2. The Hall–Kier alpha value is -3.04. The van der Waals surface area contributed by atoms with E-state index in [-0.39, 0.29) is 22.7 Å². The van der Waals surface area contributed by atoms with Crippen LogP contribution in [0.3, 0.4) is 0 Å². The maximum absolute atomic E-state index is 12.4. The summed E-state index contributed by atoms with van der Waals surface area (Å²) in [6.07, 6.45) is 0. The zero-order valence-electron chi connectivity index (χ0n) is 14.6. The van der Waals surface area contributed by atoms with Gasteiger partial charge in [-0.25, -0.2) is 13.1 Å². The molecule has 2 aromatic carbocycles. The molecule has 27 heavy (non-hydrogen) atoms. The van der Waals surface area contributed by atoms with Gasteiger partial charge in [0.1, 0.15) is 0 Å². The number of hydrogen-bond donors (Lipinski definition) is 2. The first-order chi connectivity index (χ1) is 12.7. The van der Waals surface area contributed by atoms with E-state index in [2.05, 4.69) is 9.71 Å². The zero-order chi connectivity index (χ0) is 19.8. The molecule has 3 rings (SSSR count). The van der Waals surface area contributed by atoms with Crippen LogP contribution in [0.5, 0.6) is 0 Å². The van der Waals surface area contributed by atoms with Crippen molar-refractivity contribution in [2.45, 2.75) is 25.3 Å². The summed E-state index contributed by atoms with van der Waals surface area (Å²) < 4.78 is 27.2. The molecule has 0 aliphatic rings. The number of nitrogens with zero attached hydrogens (tertiary/aromatic N) is 1. The number of hydrogen-bond acceptors (Lipinski definition) is 5. The Kier molecular flexibility index (Phi) is 4.81. The first-order valence-electron chi connectivity index (χ1n) is 8.04. The molecule has 0 saturated heterocycles. The van der Waals surface area contributed by atoms with Crippen molar-refractivity contribution in [3.63, 3.8) is 0 Å². The van der Waals surface area contributed by atoms with E-state index in [1.807, 2.05) is 26.0 Å². The fourth-order valence-corrected chi connectivity index (χ4v) is 3.91. The number of rotatable bonds is 5. The van der Waals surface area contributed by atoms with Crippen molar-refractivity contribution in [3.05, 3.63) is 79.6 Å². The van der Waals surface area contributed by atoms with Crippen LogP contribution in [0, 0.1) is 24.0 Å². The number of pyridine rings is 1. The van der Waals surface area contributed by atoms with Gasteiger partial charge >= 0.3 is 0 Å². The number of non-ortho nitro benzene ring substituents is 1. The maximum Gasteiger partial charge on any atom is 0.270 e. The Morgan fingerprint density at radius 3 is 2.59 bits per heavy atom. The standard InChI is InChI=1S/C18H17N3O5S/c1-11-6-12(2)16-8-13(18(22)20-17(16)7-11)10-19-27(25,26)15-5-3-4-14(9-15)21(23)24/h3-9,19H,10H2,1-2H3,(H,20,22). The smallest absolute Gasteiger partial charge is 0.270 e. The summed E-state index contributed by atoms with van der Waals surface area (Å²) in [6.45, 7) is 3.60. The van der Waals surface area contributed by atoms with Crippen molar-refractivity contribution >= 4 is 26.6 Å². The van der Waals surface area contributed by atoms with Crippen LogP contribution in [-0.2, 0) is 16.6 Å². The van der Waals surface area contributed by atoms with Crippen molar-refractivity contribution in [2.75, 3.05) is 0 Å². The van der Waals surface area contributed by atoms with Crippen molar-refractivity contribution in [2.24, 2.45) is 0 Å². The molecule has 0 bridgehead atoms. The quantitative estimate of drug-likeness (QED) is 0.514. The number of sulfonamides is 1. The van der Waals surface area contributed by atoms with Gasteiger partial charge in [0.2, 0.25) is 10.0 Å². The number of nitro groups is 1. The van der Waals surface area contributed by atoms with Gasteiger partial charge in [-0.3, -0.25) is 14.9 Å². The molecule has 0 fully saturated rings. The molecule has 9 heteroatoms. The molecule has 0 saturated carbocycles. The normalized spacial score (nSPS) is 11.6. The summed E-state index contributed by atoms with van der Waals surface area (Å²) >= 11 is 0. The van der Waals surface area contributed by atoms with Crippen LogP contribution < -0.4 is 10.3 Å². The van der Waals surface area contributed by atoms with Gasteiger partial charge < -0.3 is 4.98 Å². The molecule has 0 atom stereocenters. The third-order valence-electron chi connectivity index (χ3n) is 4.18. The summed E-state index contributed by atoms with van der Waals surface area (Å²) in [5.41, 5.74) is 2.19. The SMILES string of the molecule is Cc1cc(C)c2cc(CNS(=O)(=O)c3cccc([N+](=O)[O-])c3)c(=O)[nH]c2c1. The lowest BCUT2D eigenvalue weighted by molar-refractivity contribution is -0.385. The van der Waals surface area contributed by atoms with Gasteiger partial charge in [0.15, 0.2) is 0 Å². The minimum atomic E-state index is -4.01. The lowest BCUT2D eigenvalue weighted by atomic mass is 10.0. The minimum Gasteiger partial charge on any atom is -0.322 e. The molecule has 0 aliphatic carbocycles. The predicted molar refractivity (Wildman–Crippen MR) is 101 cm³/mol. The molecule has 8 nitrogen and oxygen atoms in total. The number of nitro benzene ring substituents is 1. The van der Waals surface area contributed by atoms with E-state index in [1.165, 1.54) is 18.2 Å². The average molecular weight is 387 g/mol. The fourth-order valence-electron chi connectivity index (χ4n) is 2.87. The largest absolute Gasteiger partial charge is 0.322 e. The third kappa shape index (κ3) is 3.88. The second kappa shape index (κ2) is 6.93. The summed E-state index contributed by atoms with van der Waals surface area (Å²) in [7, 11) is -4.01. The fraction of sp³-hybridized carbons (Fsp3) is 0.167. The summed E-state index contributed by atoms with van der Waals surface area (Å²) in [4.78, 5) is 25.0. The third-order valence-corrected chi connectivity index (χ3v) is 5.58. The molecule has 1 aromatic heterocycles. The van der Waals surface area contributed by atoms with Gasteiger partial charge in [-0.15, -0.1) is 0 Å². The number of aryl methyl sites for hydroxylation is 2. The highest BCUT2D eigenvalue weighted by Gasteiger charge is 2.18. The van der Waals surface area contributed by atoms with Crippen molar-refractivity contribution < 1.29 is 13.3 Å². The number of H-pyrrole nitrogens is 1. The number of benzene rings is 2. The van der Waals surface area contributed by atoms with E-state index < -0.39 is 20.5 Å². The highest BCUT2D eigenvalue weighted by Crippen LogP contribution is 2.20. The molecule has 0 aliphatic heterocycles. The molecular formula is C18H17N3O5S. The van der Waals surface area contributed by atoms with E-state index in [0.717, 1.165) is 22.6 Å². The Morgan fingerprint density at radius 2 is 1.89 bits per heavy atom. The monoisotopic (exact) mass is 387 g/mol. The van der Waals surface area contributed by atoms with Crippen LogP contribution in [-0.4, -0.2) is 18.3 Å². The predicted octanol–water partition coefficient (Wildman–Crippen LogP) is 2.53. The first kappa shape index (κ1) is 18.7. The van der Waals surface area contributed by atoms with Crippen molar-refractivity contribution in [1.82, 2.24) is 9.71 Å². The Morgan fingerprint density at radius 1 is 1.15 bits per heavy atom. The molecule has 1 heterocycles. The summed E-state index contributed by atoms with van der Waals surface area (Å²) in [5.74, 6) is 0. The molecule has 0 unspecified atom stereocenters. The lowest BCUT2D eigenvalue weighted by Gasteiger charge is -2.09. The molecule has 2 N–H and O–H groups in total.